The van der Waals surface area contributed by atoms with E-state index in [-0.39, 0.29) is 12.5 Å². The van der Waals surface area contributed by atoms with Gasteiger partial charge in [-0.2, -0.15) is 0 Å². The Morgan fingerprint density at radius 3 is 2.88 bits per heavy atom. The van der Waals surface area contributed by atoms with Crippen LogP contribution in [0.15, 0.2) is 11.4 Å². The van der Waals surface area contributed by atoms with Gasteiger partial charge in [0.15, 0.2) is 0 Å². The number of rotatable bonds is 4. The number of fused-ring (bicyclic) bond motifs is 2. The lowest BCUT2D eigenvalue weighted by Gasteiger charge is -2.31. The third-order valence-corrected chi connectivity index (χ3v) is 5.55. The number of hydrogen-bond acceptors (Lipinski definition) is 5. The van der Waals surface area contributed by atoms with Gasteiger partial charge in [0.05, 0.1) is 6.54 Å². The SMILES string of the molecule is CN(C)C(=O)CNC(=O)CN1C(=O)N[C@@]2(CCCc3sccc32)C1=O. The number of thiophene rings is 1. The zero-order valence-corrected chi connectivity index (χ0v) is 14.9. The molecule has 0 radical (unpaired) electrons. The van der Waals surface area contributed by atoms with Crippen molar-refractivity contribution in [3.63, 3.8) is 0 Å². The topological polar surface area (TPSA) is 98.8 Å². The number of nitrogens with one attached hydrogen (secondary N) is 2. The quantitative estimate of drug-likeness (QED) is 0.737. The van der Waals surface area contributed by atoms with Crippen LogP contribution >= 0.6 is 11.3 Å². The molecule has 9 heteroatoms. The first-order chi connectivity index (χ1) is 11.8. The second kappa shape index (κ2) is 6.47. The molecular formula is C16H20N4O4S. The molecule has 2 aliphatic rings. The molecule has 1 saturated heterocycles. The number of carbonyl (C=O) groups excluding carboxylic acids is 4. The number of nitrogens with zero attached hydrogens (tertiary/aromatic N) is 2. The van der Waals surface area contributed by atoms with Crippen LogP contribution in [0.3, 0.4) is 0 Å². The lowest BCUT2D eigenvalue weighted by Crippen LogP contribution is -2.47. The standard InChI is InChI=1S/C16H20N4O4S/c1-19(2)13(22)8-17-12(21)9-20-14(23)16(18-15(20)24)6-3-4-11-10(16)5-7-25-11/h5,7H,3-4,6,8-9H2,1-2H3,(H,17,21)(H,18,24)/t16-/m1/s1. The van der Waals surface area contributed by atoms with Crippen LogP contribution in [0.4, 0.5) is 4.79 Å². The van der Waals surface area contributed by atoms with Gasteiger partial charge in [-0.3, -0.25) is 19.3 Å². The Bertz CT molecular complexity index is 744. The van der Waals surface area contributed by atoms with E-state index >= 15 is 0 Å². The van der Waals surface area contributed by atoms with Gasteiger partial charge in [0, 0.05) is 24.5 Å². The summed E-state index contributed by atoms with van der Waals surface area (Å²) in [6.45, 7) is -0.568. The van der Waals surface area contributed by atoms with Crippen molar-refractivity contribution in [1.29, 1.82) is 0 Å². The van der Waals surface area contributed by atoms with Gasteiger partial charge < -0.3 is 15.5 Å². The maximum atomic E-state index is 12.9. The molecule has 0 bridgehead atoms. The molecule has 2 heterocycles. The molecule has 3 rings (SSSR count). The van der Waals surface area contributed by atoms with Gasteiger partial charge in [-0.15, -0.1) is 11.3 Å². The van der Waals surface area contributed by atoms with Gasteiger partial charge in [-0.25, -0.2) is 4.79 Å². The third-order valence-electron chi connectivity index (χ3n) is 4.57. The summed E-state index contributed by atoms with van der Waals surface area (Å²) < 4.78 is 0. The van der Waals surface area contributed by atoms with E-state index < -0.39 is 29.9 Å². The zero-order chi connectivity index (χ0) is 18.2. The Morgan fingerprint density at radius 2 is 2.16 bits per heavy atom. The Kier molecular flexibility index (Phi) is 4.51. The molecule has 2 N–H and O–H groups in total. The lowest BCUT2D eigenvalue weighted by molar-refractivity contribution is -0.136. The second-order valence-electron chi connectivity index (χ2n) is 6.40. The highest BCUT2D eigenvalue weighted by Gasteiger charge is 2.54. The molecule has 1 fully saturated rings. The van der Waals surface area contributed by atoms with Crippen LogP contribution in [0.1, 0.15) is 23.3 Å². The maximum Gasteiger partial charge on any atom is 0.325 e. The number of amides is 5. The molecular weight excluding hydrogens is 344 g/mol. The number of likely N-dealkylation sites (N-methyl/N-ethyl adjacent to an activating group) is 1. The van der Waals surface area contributed by atoms with Gasteiger partial charge in [0.25, 0.3) is 5.91 Å². The van der Waals surface area contributed by atoms with E-state index in [0.29, 0.717) is 6.42 Å². The van der Waals surface area contributed by atoms with E-state index in [4.69, 9.17) is 0 Å². The number of imide groups is 1. The summed E-state index contributed by atoms with van der Waals surface area (Å²) >= 11 is 1.58. The van der Waals surface area contributed by atoms with Crippen LogP contribution in [0.2, 0.25) is 0 Å². The number of hydrogen-bond donors (Lipinski definition) is 2. The summed E-state index contributed by atoms with van der Waals surface area (Å²) in [7, 11) is 3.16. The molecule has 0 aromatic carbocycles. The van der Waals surface area contributed by atoms with E-state index in [1.807, 2.05) is 11.4 Å². The van der Waals surface area contributed by atoms with E-state index in [1.54, 1.807) is 25.4 Å². The minimum Gasteiger partial charge on any atom is -0.347 e. The van der Waals surface area contributed by atoms with Crippen molar-refractivity contribution < 1.29 is 19.2 Å². The highest BCUT2D eigenvalue weighted by molar-refractivity contribution is 7.10. The fraction of sp³-hybridized carbons (Fsp3) is 0.500. The fourth-order valence-corrected chi connectivity index (χ4v) is 4.22. The van der Waals surface area contributed by atoms with Crippen molar-refractivity contribution in [3.05, 3.63) is 21.9 Å². The Labute approximate surface area is 149 Å². The average Bonchev–Trinajstić information content (AvgIpc) is 3.13. The first kappa shape index (κ1) is 17.4. The van der Waals surface area contributed by atoms with Crippen molar-refractivity contribution in [3.8, 4) is 0 Å². The summed E-state index contributed by atoms with van der Waals surface area (Å²) in [6, 6.07) is 1.30. The summed E-state index contributed by atoms with van der Waals surface area (Å²) in [4.78, 5) is 52.2. The molecule has 8 nitrogen and oxygen atoms in total. The molecule has 134 valence electrons. The number of carbonyl (C=O) groups is 4. The van der Waals surface area contributed by atoms with E-state index in [2.05, 4.69) is 10.6 Å². The van der Waals surface area contributed by atoms with E-state index in [9.17, 15) is 19.2 Å². The van der Waals surface area contributed by atoms with Crippen molar-refractivity contribution in [1.82, 2.24) is 20.4 Å². The van der Waals surface area contributed by atoms with Crippen LogP contribution in [0, 0.1) is 0 Å². The Morgan fingerprint density at radius 1 is 1.40 bits per heavy atom. The molecule has 1 aromatic rings. The monoisotopic (exact) mass is 364 g/mol. The number of aryl methyl sites for hydroxylation is 1. The van der Waals surface area contributed by atoms with Crippen LogP contribution in [-0.4, -0.2) is 60.7 Å². The summed E-state index contributed by atoms with van der Waals surface area (Å²) in [5.74, 6) is -1.21. The Balaban J connectivity index is 1.71. The zero-order valence-electron chi connectivity index (χ0n) is 14.1. The molecule has 25 heavy (non-hydrogen) atoms. The van der Waals surface area contributed by atoms with Crippen molar-refractivity contribution in [2.45, 2.75) is 24.8 Å². The molecule has 0 saturated carbocycles. The van der Waals surface area contributed by atoms with Gasteiger partial charge >= 0.3 is 6.03 Å². The second-order valence-corrected chi connectivity index (χ2v) is 7.40. The molecule has 1 aliphatic heterocycles. The number of urea groups is 1. The smallest absolute Gasteiger partial charge is 0.325 e. The molecule has 1 aliphatic carbocycles. The average molecular weight is 364 g/mol. The maximum absolute atomic E-state index is 12.9. The van der Waals surface area contributed by atoms with E-state index in [1.165, 1.54) is 4.90 Å². The largest absolute Gasteiger partial charge is 0.347 e. The Hall–Kier alpha value is -2.42. The summed E-state index contributed by atoms with van der Waals surface area (Å²) in [6.07, 6.45) is 2.22. The van der Waals surface area contributed by atoms with Crippen LogP contribution in [0.5, 0.6) is 0 Å². The van der Waals surface area contributed by atoms with E-state index in [0.717, 1.165) is 28.2 Å². The van der Waals surface area contributed by atoms with Gasteiger partial charge in [-0.05, 0) is 30.7 Å². The lowest BCUT2D eigenvalue weighted by atomic mass is 9.80. The summed E-state index contributed by atoms with van der Waals surface area (Å²) in [5.41, 5.74) is -0.211. The summed E-state index contributed by atoms with van der Waals surface area (Å²) in [5, 5.41) is 7.14. The highest BCUT2D eigenvalue weighted by atomic mass is 32.1. The molecule has 1 atom stereocenters. The van der Waals surface area contributed by atoms with Crippen molar-refractivity contribution in [2.24, 2.45) is 0 Å². The highest BCUT2D eigenvalue weighted by Crippen LogP contribution is 2.41. The van der Waals surface area contributed by atoms with Crippen LogP contribution < -0.4 is 10.6 Å². The van der Waals surface area contributed by atoms with Crippen LogP contribution in [-0.2, 0) is 26.3 Å². The first-order valence-corrected chi connectivity index (χ1v) is 8.91. The van der Waals surface area contributed by atoms with Gasteiger partial charge in [0.2, 0.25) is 11.8 Å². The minimum absolute atomic E-state index is 0.171. The molecule has 1 spiro atoms. The molecule has 5 amide bonds. The van der Waals surface area contributed by atoms with Gasteiger partial charge in [-0.1, -0.05) is 0 Å². The first-order valence-electron chi connectivity index (χ1n) is 8.03. The third kappa shape index (κ3) is 2.99. The predicted octanol–water partition coefficient (Wildman–Crippen LogP) is 0.0359. The molecule has 1 aromatic heterocycles. The van der Waals surface area contributed by atoms with Crippen molar-refractivity contribution in [2.75, 3.05) is 27.2 Å². The fourth-order valence-electron chi connectivity index (χ4n) is 3.22. The molecule has 0 unspecified atom stereocenters. The normalized spacial score (nSPS) is 21.9. The van der Waals surface area contributed by atoms with Crippen LogP contribution in [0.25, 0.3) is 0 Å². The predicted molar refractivity (Wildman–Crippen MR) is 90.9 cm³/mol. The van der Waals surface area contributed by atoms with Crippen molar-refractivity contribution >= 4 is 35.1 Å². The minimum atomic E-state index is -1.05. The van der Waals surface area contributed by atoms with Gasteiger partial charge in [0.1, 0.15) is 12.1 Å².